The number of aliphatic hydroxyl groups excluding tert-OH is 1. The van der Waals surface area contributed by atoms with Gasteiger partial charge in [-0.2, -0.15) is 5.06 Å². The molecule has 0 spiro atoms. The SMILES string of the molecule is CC(C)(O)ON1C(C)(C)CC(O)CC1(C)C. The minimum Gasteiger partial charge on any atom is -0.393 e. The molecule has 4 nitrogen and oxygen atoms in total. The molecular weight excluding hydrogens is 206 g/mol. The predicted molar refractivity (Wildman–Crippen MR) is 62.6 cm³/mol. The Kier molecular flexibility index (Phi) is 3.43. The predicted octanol–water partition coefficient (Wildman–Crippen LogP) is 1.66. The smallest absolute Gasteiger partial charge is 0.179 e. The first-order valence-corrected chi connectivity index (χ1v) is 5.84. The van der Waals surface area contributed by atoms with Gasteiger partial charge in [-0.25, -0.2) is 0 Å². The molecule has 0 atom stereocenters. The number of hydroxylamine groups is 2. The van der Waals surface area contributed by atoms with Crippen LogP contribution in [0.1, 0.15) is 54.4 Å². The lowest BCUT2D eigenvalue weighted by Crippen LogP contribution is -2.63. The first kappa shape index (κ1) is 13.9. The molecule has 1 aliphatic rings. The summed E-state index contributed by atoms with van der Waals surface area (Å²) in [7, 11) is 0. The van der Waals surface area contributed by atoms with Crippen molar-refractivity contribution in [2.24, 2.45) is 0 Å². The Morgan fingerprint density at radius 3 is 1.81 bits per heavy atom. The molecule has 1 aliphatic heterocycles. The topological polar surface area (TPSA) is 52.9 Å². The van der Waals surface area contributed by atoms with Crippen LogP contribution in [0.5, 0.6) is 0 Å². The maximum atomic E-state index is 9.85. The molecular formula is C12H25NO3. The van der Waals surface area contributed by atoms with E-state index in [0.29, 0.717) is 12.8 Å². The second-order valence-corrected chi connectivity index (χ2v) is 6.52. The van der Waals surface area contributed by atoms with Crippen molar-refractivity contribution >= 4 is 0 Å². The van der Waals surface area contributed by atoms with Gasteiger partial charge in [0.05, 0.1) is 6.10 Å². The monoisotopic (exact) mass is 231 g/mol. The summed E-state index contributed by atoms with van der Waals surface area (Å²) in [6, 6.07) is 0. The van der Waals surface area contributed by atoms with Crippen LogP contribution in [-0.2, 0) is 4.84 Å². The quantitative estimate of drug-likeness (QED) is 0.710. The summed E-state index contributed by atoms with van der Waals surface area (Å²) in [6.07, 6.45) is 0.977. The Hall–Kier alpha value is -0.160. The Labute approximate surface area is 98.2 Å². The molecule has 1 fully saturated rings. The molecule has 0 aromatic rings. The molecule has 0 saturated carbocycles. The summed E-state index contributed by atoms with van der Waals surface area (Å²) in [5, 5.41) is 21.5. The van der Waals surface area contributed by atoms with Crippen LogP contribution < -0.4 is 0 Å². The fourth-order valence-electron chi connectivity index (χ4n) is 2.68. The van der Waals surface area contributed by atoms with Crippen LogP contribution in [0.25, 0.3) is 0 Å². The molecule has 1 rings (SSSR count). The second kappa shape index (κ2) is 3.95. The molecule has 4 heteroatoms. The van der Waals surface area contributed by atoms with Crippen molar-refractivity contribution in [2.75, 3.05) is 0 Å². The average molecular weight is 231 g/mol. The Morgan fingerprint density at radius 2 is 1.50 bits per heavy atom. The number of nitrogens with zero attached hydrogens (tertiary/aromatic N) is 1. The van der Waals surface area contributed by atoms with Gasteiger partial charge in [0.25, 0.3) is 0 Å². The summed E-state index contributed by atoms with van der Waals surface area (Å²) < 4.78 is 0. The van der Waals surface area contributed by atoms with Gasteiger partial charge in [0.15, 0.2) is 5.79 Å². The van der Waals surface area contributed by atoms with Crippen LogP contribution >= 0.6 is 0 Å². The highest BCUT2D eigenvalue weighted by Crippen LogP contribution is 2.39. The summed E-state index contributed by atoms with van der Waals surface area (Å²) in [4.78, 5) is 5.64. The van der Waals surface area contributed by atoms with E-state index in [9.17, 15) is 10.2 Å². The molecule has 96 valence electrons. The van der Waals surface area contributed by atoms with E-state index in [2.05, 4.69) is 0 Å². The number of aliphatic hydroxyl groups is 2. The fourth-order valence-corrected chi connectivity index (χ4v) is 2.68. The zero-order valence-electron chi connectivity index (χ0n) is 11.2. The first-order valence-electron chi connectivity index (χ1n) is 5.84. The Bertz CT molecular complexity index is 237. The molecule has 0 unspecified atom stereocenters. The van der Waals surface area contributed by atoms with Gasteiger partial charge in [0, 0.05) is 11.1 Å². The van der Waals surface area contributed by atoms with E-state index in [1.165, 1.54) is 0 Å². The van der Waals surface area contributed by atoms with Crippen molar-refractivity contribution in [2.45, 2.75) is 77.4 Å². The summed E-state index contributed by atoms with van der Waals surface area (Å²) in [5.41, 5.74) is -0.581. The van der Waals surface area contributed by atoms with E-state index in [4.69, 9.17) is 4.84 Å². The van der Waals surface area contributed by atoms with Gasteiger partial charge in [0.2, 0.25) is 0 Å². The third-order valence-electron chi connectivity index (χ3n) is 2.88. The highest BCUT2D eigenvalue weighted by Gasteiger charge is 2.47. The van der Waals surface area contributed by atoms with Crippen molar-refractivity contribution in [1.82, 2.24) is 5.06 Å². The van der Waals surface area contributed by atoms with Gasteiger partial charge in [-0.15, -0.1) is 0 Å². The van der Waals surface area contributed by atoms with Gasteiger partial charge < -0.3 is 10.2 Å². The van der Waals surface area contributed by atoms with Gasteiger partial charge in [0.1, 0.15) is 0 Å². The van der Waals surface area contributed by atoms with Crippen molar-refractivity contribution in [3.05, 3.63) is 0 Å². The fraction of sp³-hybridized carbons (Fsp3) is 1.00. The first-order chi connectivity index (χ1) is 6.94. The second-order valence-electron chi connectivity index (χ2n) is 6.52. The maximum Gasteiger partial charge on any atom is 0.179 e. The van der Waals surface area contributed by atoms with Crippen molar-refractivity contribution < 1.29 is 15.1 Å². The van der Waals surface area contributed by atoms with Gasteiger partial charge in [-0.05, 0) is 54.4 Å². The van der Waals surface area contributed by atoms with E-state index in [1.54, 1.807) is 13.8 Å². The minimum absolute atomic E-state index is 0.291. The third kappa shape index (κ3) is 3.17. The molecule has 0 aromatic carbocycles. The standard InChI is InChI=1S/C12H25NO3/c1-10(2)7-9(14)8-11(3,4)13(10)16-12(5,6)15/h9,14-15H,7-8H2,1-6H3. The molecule has 1 heterocycles. The van der Waals surface area contributed by atoms with E-state index < -0.39 is 5.79 Å². The molecule has 16 heavy (non-hydrogen) atoms. The summed E-state index contributed by atoms with van der Waals surface area (Å²) in [5.74, 6) is -1.20. The molecule has 1 saturated heterocycles. The third-order valence-corrected chi connectivity index (χ3v) is 2.88. The van der Waals surface area contributed by atoms with Gasteiger partial charge in [-0.1, -0.05) is 0 Å². The van der Waals surface area contributed by atoms with Crippen LogP contribution in [0.3, 0.4) is 0 Å². The maximum absolute atomic E-state index is 9.85. The molecule has 0 bridgehead atoms. The number of hydrogen-bond acceptors (Lipinski definition) is 4. The summed E-state index contributed by atoms with van der Waals surface area (Å²) >= 11 is 0. The van der Waals surface area contributed by atoms with Crippen molar-refractivity contribution in [1.29, 1.82) is 0 Å². The lowest BCUT2D eigenvalue weighted by atomic mass is 9.80. The normalized spacial score (nSPS) is 27.0. The van der Waals surface area contributed by atoms with E-state index in [1.807, 2.05) is 32.8 Å². The Morgan fingerprint density at radius 1 is 1.12 bits per heavy atom. The van der Waals surface area contributed by atoms with Crippen molar-refractivity contribution in [3.8, 4) is 0 Å². The zero-order chi connectivity index (χ0) is 12.8. The highest BCUT2D eigenvalue weighted by molar-refractivity contribution is 4.96. The molecule has 0 aromatic heterocycles. The van der Waals surface area contributed by atoms with E-state index in [0.717, 1.165) is 0 Å². The lowest BCUT2D eigenvalue weighted by molar-refractivity contribution is -0.384. The molecule has 2 N–H and O–H groups in total. The lowest BCUT2D eigenvalue weighted by Gasteiger charge is -2.54. The van der Waals surface area contributed by atoms with E-state index >= 15 is 0 Å². The number of hydrogen-bond donors (Lipinski definition) is 2. The minimum atomic E-state index is -1.20. The highest BCUT2D eigenvalue weighted by atomic mass is 16.8. The number of piperidine rings is 1. The van der Waals surface area contributed by atoms with Gasteiger partial charge >= 0.3 is 0 Å². The summed E-state index contributed by atoms with van der Waals surface area (Å²) in [6.45, 7) is 11.3. The molecule has 0 amide bonds. The van der Waals surface area contributed by atoms with Gasteiger partial charge in [-0.3, -0.25) is 4.84 Å². The van der Waals surface area contributed by atoms with Crippen LogP contribution in [0.15, 0.2) is 0 Å². The molecule has 0 radical (unpaired) electrons. The van der Waals surface area contributed by atoms with Crippen LogP contribution in [0, 0.1) is 0 Å². The van der Waals surface area contributed by atoms with Crippen molar-refractivity contribution in [3.63, 3.8) is 0 Å². The van der Waals surface area contributed by atoms with Crippen LogP contribution in [0.4, 0.5) is 0 Å². The van der Waals surface area contributed by atoms with Crippen LogP contribution in [-0.4, -0.2) is 38.2 Å². The molecule has 0 aliphatic carbocycles. The zero-order valence-corrected chi connectivity index (χ0v) is 11.2. The average Bonchev–Trinajstić information content (AvgIpc) is 1.92. The number of rotatable bonds is 2. The van der Waals surface area contributed by atoms with E-state index in [-0.39, 0.29) is 17.2 Å². The van der Waals surface area contributed by atoms with Crippen LogP contribution in [0.2, 0.25) is 0 Å². The largest absolute Gasteiger partial charge is 0.393 e. The Balaban J connectivity index is 2.93.